The number of esters is 1. The second-order valence-corrected chi connectivity index (χ2v) is 7.62. The Bertz CT molecular complexity index is 1210. The molecule has 4 aromatic rings. The molecule has 3 aromatic heterocycles. The SMILES string of the molecule is Cc1ccc(-c2noc(C(C)OC(=O)c3sc(-c4ccccn4)nc3C)n2)cc1F. The van der Waals surface area contributed by atoms with E-state index >= 15 is 0 Å². The van der Waals surface area contributed by atoms with Crippen molar-refractivity contribution in [1.29, 1.82) is 0 Å². The minimum absolute atomic E-state index is 0.117. The van der Waals surface area contributed by atoms with Crippen molar-refractivity contribution in [3.8, 4) is 22.1 Å². The monoisotopic (exact) mass is 424 g/mol. The van der Waals surface area contributed by atoms with Gasteiger partial charge < -0.3 is 9.26 Å². The fourth-order valence-corrected chi connectivity index (χ4v) is 3.62. The van der Waals surface area contributed by atoms with E-state index in [1.807, 2.05) is 18.2 Å². The zero-order valence-corrected chi connectivity index (χ0v) is 17.2. The molecular weight excluding hydrogens is 407 g/mol. The molecule has 0 bridgehead atoms. The molecule has 1 unspecified atom stereocenters. The fourth-order valence-electron chi connectivity index (χ4n) is 2.70. The predicted molar refractivity (Wildman–Crippen MR) is 108 cm³/mol. The summed E-state index contributed by atoms with van der Waals surface area (Å²) in [5.41, 5.74) is 2.24. The Morgan fingerprint density at radius 3 is 2.77 bits per heavy atom. The average molecular weight is 424 g/mol. The Morgan fingerprint density at radius 2 is 2.03 bits per heavy atom. The summed E-state index contributed by atoms with van der Waals surface area (Å²) in [5.74, 6) is -0.562. The van der Waals surface area contributed by atoms with Gasteiger partial charge in [0.25, 0.3) is 5.89 Å². The third-order valence-corrected chi connectivity index (χ3v) is 5.53. The maximum Gasteiger partial charge on any atom is 0.351 e. The summed E-state index contributed by atoms with van der Waals surface area (Å²) < 4.78 is 24.5. The van der Waals surface area contributed by atoms with Gasteiger partial charge in [-0.15, -0.1) is 11.3 Å². The molecule has 0 aliphatic rings. The molecular formula is C21H17FN4O3S. The first kappa shape index (κ1) is 19.8. The van der Waals surface area contributed by atoms with Gasteiger partial charge in [0.2, 0.25) is 5.82 Å². The highest BCUT2D eigenvalue weighted by molar-refractivity contribution is 7.17. The number of halogens is 1. The van der Waals surface area contributed by atoms with Gasteiger partial charge in [-0.25, -0.2) is 14.2 Å². The Morgan fingerprint density at radius 1 is 1.20 bits per heavy atom. The van der Waals surface area contributed by atoms with Crippen LogP contribution in [0.3, 0.4) is 0 Å². The van der Waals surface area contributed by atoms with Crippen LogP contribution in [-0.4, -0.2) is 26.1 Å². The van der Waals surface area contributed by atoms with Crippen molar-refractivity contribution in [2.24, 2.45) is 0 Å². The lowest BCUT2D eigenvalue weighted by molar-refractivity contribution is 0.0270. The third kappa shape index (κ3) is 3.97. The summed E-state index contributed by atoms with van der Waals surface area (Å²) in [5, 5.41) is 4.49. The average Bonchev–Trinajstić information content (AvgIpc) is 3.38. The van der Waals surface area contributed by atoms with Crippen LogP contribution in [0.15, 0.2) is 47.1 Å². The van der Waals surface area contributed by atoms with Crippen molar-refractivity contribution in [2.75, 3.05) is 0 Å². The number of thiazole rings is 1. The summed E-state index contributed by atoms with van der Waals surface area (Å²) >= 11 is 1.21. The molecule has 0 aliphatic carbocycles. The molecule has 0 saturated carbocycles. The maximum absolute atomic E-state index is 13.8. The van der Waals surface area contributed by atoms with E-state index in [1.54, 1.807) is 39.1 Å². The molecule has 1 aromatic carbocycles. The van der Waals surface area contributed by atoms with E-state index in [2.05, 4.69) is 20.1 Å². The molecule has 9 heteroatoms. The van der Waals surface area contributed by atoms with Gasteiger partial charge in [0.1, 0.15) is 15.7 Å². The molecule has 4 rings (SSSR count). The first-order valence-corrected chi connectivity index (χ1v) is 9.94. The highest BCUT2D eigenvalue weighted by Gasteiger charge is 2.24. The first-order chi connectivity index (χ1) is 14.4. The topological polar surface area (TPSA) is 91.0 Å². The van der Waals surface area contributed by atoms with Crippen LogP contribution in [0.4, 0.5) is 4.39 Å². The predicted octanol–water partition coefficient (Wildman–Crippen LogP) is 4.93. The summed E-state index contributed by atoms with van der Waals surface area (Å²) in [6.45, 7) is 5.03. The van der Waals surface area contributed by atoms with Crippen molar-refractivity contribution >= 4 is 17.3 Å². The number of aromatic nitrogens is 4. The molecule has 0 amide bonds. The molecule has 30 heavy (non-hydrogen) atoms. The number of rotatable bonds is 5. The largest absolute Gasteiger partial charge is 0.448 e. The molecule has 0 spiro atoms. The zero-order chi connectivity index (χ0) is 21.3. The quantitative estimate of drug-likeness (QED) is 0.420. The number of carbonyl (C=O) groups is 1. The summed E-state index contributed by atoms with van der Waals surface area (Å²) in [7, 11) is 0. The van der Waals surface area contributed by atoms with E-state index in [9.17, 15) is 9.18 Å². The fraction of sp³-hybridized carbons (Fsp3) is 0.190. The van der Waals surface area contributed by atoms with Crippen molar-refractivity contribution in [3.05, 3.63) is 70.4 Å². The van der Waals surface area contributed by atoms with Crippen molar-refractivity contribution in [1.82, 2.24) is 20.1 Å². The summed E-state index contributed by atoms with van der Waals surface area (Å²) in [6, 6.07) is 10.2. The Balaban J connectivity index is 1.50. The van der Waals surface area contributed by atoms with E-state index in [0.29, 0.717) is 32.4 Å². The zero-order valence-electron chi connectivity index (χ0n) is 16.4. The van der Waals surface area contributed by atoms with Gasteiger partial charge in [-0.2, -0.15) is 4.98 Å². The van der Waals surface area contributed by atoms with Gasteiger partial charge in [-0.05, 0) is 44.5 Å². The van der Waals surface area contributed by atoms with Gasteiger partial charge in [-0.3, -0.25) is 4.98 Å². The number of hydrogen-bond acceptors (Lipinski definition) is 8. The van der Waals surface area contributed by atoms with Gasteiger partial charge >= 0.3 is 5.97 Å². The summed E-state index contributed by atoms with van der Waals surface area (Å²) in [6.07, 6.45) is 0.882. The van der Waals surface area contributed by atoms with Crippen LogP contribution < -0.4 is 0 Å². The number of ether oxygens (including phenoxy) is 1. The van der Waals surface area contributed by atoms with Crippen LogP contribution in [0.5, 0.6) is 0 Å². The van der Waals surface area contributed by atoms with Crippen molar-refractivity contribution in [3.63, 3.8) is 0 Å². The van der Waals surface area contributed by atoms with E-state index in [0.717, 1.165) is 0 Å². The summed E-state index contributed by atoms with van der Waals surface area (Å²) in [4.78, 5) is 25.9. The van der Waals surface area contributed by atoms with E-state index in [-0.39, 0.29) is 17.5 Å². The Labute approximate surface area is 175 Å². The molecule has 3 heterocycles. The second-order valence-electron chi connectivity index (χ2n) is 6.62. The van der Waals surface area contributed by atoms with Crippen LogP contribution in [0.25, 0.3) is 22.1 Å². The molecule has 152 valence electrons. The normalized spacial score (nSPS) is 12.0. The highest BCUT2D eigenvalue weighted by Crippen LogP contribution is 2.29. The van der Waals surface area contributed by atoms with Crippen molar-refractivity contribution in [2.45, 2.75) is 26.9 Å². The molecule has 1 atom stereocenters. The first-order valence-electron chi connectivity index (χ1n) is 9.12. The van der Waals surface area contributed by atoms with Crippen LogP contribution >= 0.6 is 11.3 Å². The number of hydrogen-bond donors (Lipinski definition) is 0. The molecule has 7 nitrogen and oxygen atoms in total. The number of carbonyl (C=O) groups excluding carboxylic acids is 1. The maximum atomic E-state index is 13.8. The van der Waals surface area contributed by atoms with Gasteiger partial charge in [0, 0.05) is 11.8 Å². The minimum Gasteiger partial charge on any atom is -0.448 e. The smallest absolute Gasteiger partial charge is 0.351 e. The van der Waals surface area contributed by atoms with E-state index < -0.39 is 12.1 Å². The lowest BCUT2D eigenvalue weighted by Gasteiger charge is -2.07. The molecule has 0 N–H and O–H groups in total. The molecule has 0 saturated heterocycles. The Hall–Kier alpha value is -3.46. The number of benzene rings is 1. The Kier molecular flexibility index (Phi) is 5.37. The van der Waals surface area contributed by atoms with Crippen LogP contribution in [-0.2, 0) is 4.74 Å². The van der Waals surface area contributed by atoms with Crippen molar-refractivity contribution < 1.29 is 18.4 Å². The lowest BCUT2D eigenvalue weighted by atomic mass is 10.1. The van der Waals surface area contributed by atoms with Crippen LogP contribution in [0.2, 0.25) is 0 Å². The molecule has 0 aliphatic heterocycles. The standard InChI is InChI=1S/C21H17FN4O3S/c1-11-7-8-14(10-15(11)22)18-25-19(29-26-18)13(3)28-21(27)17-12(2)24-20(30-17)16-6-4-5-9-23-16/h4-10,13H,1-3H3. The number of pyridine rings is 1. The highest BCUT2D eigenvalue weighted by atomic mass is 32.1. The minimum atomic E-state index is -0.783. The van der Waals surface area contributed by atoms with Gasteiger partial charge in [-0.1, -0.05) is 23.4 Å². The van der Waals surface area contributed by atoms with Gasteiger partial charge in [0.05, 0.1) is 11.4 Å². The second kappa shape index (κ2) is 8.11. The molecule has 0 fully saturated rings. The lowest BCUT2D eigenvalue weighted by Crippen LogP contribution is -2.09. The molecule has 0 radical (unpaired) electrons. The van der Waals surface area contributed by atoms with E-state index in [4.69, 9.17) is 9.26 Å². The number of aryl methyl sites for hydroxylation is 2. The van der Waals surface area contributed by atoms with E-state index in [1.165, 1.54) is 17.4 Å². The van der Waals surface area contributed by atoms with Crippen LogP contribution in [0, 0.1) is 19.7 Å². The van der Waals surface area contributed by atoms with Gasteiger partial charge in [0.15, 0.2) is 6.10 Å². The number of nitrogens with zero attached hydrogens (tertiary/aromatic N) is 4. The third-order valence-electron chi connectivity index (χ3n) is 4.37. The van der Waals surface area contributed by atoms with Crippen LogP contribution in [0.1, 0.15) is 39.8 Å².